The van der Waals surface area contributed by atoms with Crippen molar-refractivity contribution in [3.8, 4) is 0 Å². The van der Waals surface area contributed by atoms with Gasteiger partial charge >= 0.3 is 6.18 Å². The molecule has 3 nitrogen and oxygen atoms in total. The van der Waals surface area contributed by atoms with Gasteiger partial charge in [-0.2, -0.15) is 13.2 Å². The minimum Gasteiger partial charge on any atom is -0.276 e. The summed E-state index contributed by atoms with van der Waals surface area (Å²) < 4.78 is 40.9. The summed E-state index contributed by atoms with van der Waals surface area (Å²) in [5.41, 5.74) is -0.616. The minimum absolute atomic E-state index is 0.0759. The van der Waals surface area contributed by atoms with E-state index in [0.717, 1.165) is 20.9 Å². The molecule has 0 unspecified atom stereocenters. The summed E-state index contributed by atoms with van der Waals surface area (Å²) in [6.07, 6.45) is -3.50. The highest BCUT2D eigenvalue weighted by Crippen LogP contribution is 2.34. The maximum Gasteiger partial charge on any atom is 0.417 e. The van der Waals surface area contributed by atoms with Gasteiger partial charge in [0.15, 0.2) is 10.8 Å². The van der Waals surface area contributed by atoms with E-state index in [2.05, 4.69) is 26.1 Å². The molecule has 0 N–H and O–H groups in total. The molecule has 3 rings (SSSR count). The Balaban J connectivity index is 1.94. The van der Waals surface area contributed by atoms with Crippen molar-refractivity contribution in [2.24, 2.45) is 0 Å². The van der Waals surface area contributed by atoms with Gasteiger partial charge in [-0.1, -0.05) is 23.4 Å². The molecule has 3 heterocycles. The number of nitrogens with zero attached hydrogens (tertiary/aromatic N) is 3. The topological polar surface area (TPSA) is 30.2 Å². The third kappa shape index (κ3) is 3.27. The lowest BCUT2D eigenvalue weighted by molar-refractivity contribution is -0.137. The van der Waals surface area contributed by atoms with E-state index in [4.69, 9.17) is 11.6 Å². The van der Waals surface area contributed by atoms with Crippen molar-refractivity contribution >= 4 is 56.3 Å². The van der Waals surface area contributed by atoms with Gasteiger partial charge in [-0.3, -0.25) is 4.40 Å². The van der Waals surface area contributed by atoms with Crippen molar-refractivity contribution in [3.63, 3.8) is 0 Å². The number of alkyl halides is 3. The molecule has 0 atom stereocenters. The van der Waals surface area contributed by atoms with Crippen LogP contribution in [0.2, 0.25) is 5.02 Å². The normalized spacial score (nSPS) is 12.2. The first kappa shape index (κ1) is 16.1. The molecule has 0 aromatic carbocycles. The fraction of sp³-hybridized carbons (Fsp3) is 0.167. The molecule has 3 aromatic heterocycles. The lowest BCUT2D eigenvalue weighted by atomic mass is 10.3. The summed E-state index contributed by atoms with van der Waals surface area (Å²) in [5, 5.41) is 8.06. The quantitative estimate of drug-likeness (QED) is 0.515. The number of fused-ring (bicyclic) bond motifs is 1. The van der Waals surface area contributed by atoms with Crippen LogP contribution in [0.15, 0.2) is 33.3 Å². The Labute approximate surface area is 144 Å². The summed E-state index contributed by atoms with van der Waals surface area (Å²) >= 11 is 12.1. The van der Waals surface area contributed by atoms with E-state index in [1.165, 1.54) is 16.2 Å². The average molecular weight is 429 g/mol. The zero-order chi connectivity index (χ0) is 15.9. The summed E-state index contributed by atoms with van der Waals surface area (Å²) in [4.78, 5) is 1.08. The highest BCUT2D eigenvalue weighted by Gasteiger charge is 2.32. The number of pyridine rings is 1. The lowest BCUT2D eigenvalue weighted by Crippen LogP contribution is -2.07. The van der Waals surface area contributed by atoms with Crippen LogP contribution < -0.4 is 0 Å². The monoisotopic (exact) mass is 427 g/mol. The highest BCUT2D eigenvalue weighted by molar-refractivity contribution is 9.11. The van der Waals surface area contributed by atoms with Gasteiger partial charge in [0.05, 0.1) is 14.4 Å². The van der Waals surface area contributed by atoms with Crippen molar-refractivity contribution in [1.29, 1.82) is 0 Å². The maximum atomic E-state index is 12.9. The molecular formula is C12H6BrClF3N3S2. The van der Waals surface area contributed by atoms with Gasteiger partial charge in [-0.05, 0) is 34.1 Å². The van der Waals surface area contributed by atoms with Crippen LogP contribution in [-0.2, 0) is 11.9 Å². The van der Waals surface area contributed by atoms with Gasteiger partial charge in [0, 0.05) is 16.8 Å². The maximum absolute atomic E-state index is 12.9. The smallest absolute Gasteiger partial charge is 0.276 e. The third-order valence-electron chi connectivity index (χ3n) is 2.73. The molecule has 0 saturated heterocycles. The molecule has 116 valence electrons. The Morgan fingerprint density at radius 1 is 1.32 bits per heavy atom. The van der Waals surface area contributed by atoms with Gasteiger partial charge in [0.2, 0.25) is 0 Å². The molecule has 0 bridgehead atoms. The Morgan fingerprint density at radius 3 is 2.73 bits per heavy atom. The van der Waals surface area contributed by atoms with Crippen LogP contribution in [0.4, 0.5) is 13.2 Å². The van der Waals surface area contributed by atoms with E-state index < -0.39 is 11.7 Å². The van der Waals surface area contributed by atoms with Crippen molar-refractivity contribution < 1.29 is 13.2 Å². The molecule has 0 fully saturated rings. The van der Waals surface area contributed by atoms with E-state index >= 15 is 0 Å². The fourth-order valence-corrected chi connectivity index (χ4v) is 4.43. The van der Waals surface area contributed by atoms with Crippen LogP contribution in [0.5, 0.6) is 0 Å². The second-order valence-electron chi connectivity index (χ2n) is 4.25. The molecule has 0 aliphatic carbocycles. The number of halogens is 5. The van der Waals surface area contributed by atoms with Gasteiger partial charge in [-0.25, -0.2) is 0 Å². The fourth-order valence-electron chi connectivity index (χ4n) is 1.75. The summed E-state index contributed by atoms with van der Waals surface area (Å²) in [7, 11) is 0. The second-order valence-corrected chi connectivity index (χ2v) is 8.14. The van der Waals surface area contributed by atoms with Crippen LogP contribution in [0, 0.1) is 0 Å². The van der Waals surface area contributed by atoms with Crippen LogP contribution in [0.25, 0.3) is 5.65 Å². The predicted octanol–water partition coefficient (Wildman–Crippen LogP) is 5.52. The standard InChI is InChI=1S/C12H6BrClF3N3S2/c13-9-2-1-7(22-9)5-21-11-19-18-10-8(14)3-6(4-20(10)11)12(15,16)17/h1-4H,5H2. The third-order valence-corrected chi connectivity index (χ3v) is 5.80. The Bertz CT molecular complexity index is 831. The zero-order valence-electron chi connectivity index (χ0n) is 10.6. The van der Waals surface area contributed by atoms with Crippen molar-refractivity contribution in [2.45, 2.75) is 17.1 Å². The molecule has 0 aliphatic rings. The molecule has 0 aliphatic heterocycles. The Kier molecular flexibility index (Phi) is 4.41. The Hall–Kier alpha value is -0.770. The summed E-state index contributed by atoms with van der Waals surface area (Å²) in [5.74, 6) is 0.588. The lowest BCUT2D eigenvalue weighted by Gasteiger charge is -2.08. The van der Waals surface area contributed by atoms with Gasteiger partial charge in [0.1, 0.15) is 0 Å². The van der Waals surface area contributed by atoms with E-state index in [1.807, 2.05) is 12.1 Å². The first-order valence-electron chi connectivity index (χ1n) is 5.83. The summed E-state index contributed by atoms with van der Waals surface area (Å²) in [6.45, 7) is 0. The van der Waals surface area contributed by atoms with Gasteiger partial charge in [0.25, 0.3) is 0 Å². The number of hydrogen-bond acceptors (Lipinski definition) is 4. The van der Waals surface area contributed by atoms with E-state index in [-0.39, 0.29) is 10.7 Å². The van der Waals surface area contributed by atoms with Crippen LogP contribution in [-0.4, -0.2) is 14.6 Å². The first-order valence-corrected chi connectivity index (χ1v) is 8.80. The van der Waals surface area contributed by atoms with Crippen molar-refractivity contribution in [3.05, 3.63) is 43.6 Å². The highest BCUT2D eigenvalue weighted by atomic mass is 79.9. The number of thioether (sulfide) groups is 1. The number of hydrogen-bond donors (Lipinski definition) is 0. The summed E-state index contributed by atoms with van der Waals surface area (Å²) in [6, 6.07) is 4.72. The van der Waals surface area contributed by atoms with E-state index in [1.54, 1.807) is 11.3 Å². The van der Waals surface area contributed by atoms with Crippen LogP contribution in [0.1, 0.15) is 10.4 Å². The van der Waals surface area contributed by atoms with Crippen LogP contribution in [0.3, 0.4) is 0 Å². The number of thiophene rings is 1. The van der Waals surface area contributed by atoms with E-state index in [0.29, 0.717) is 10.9 Å². The molecule has 0 saturated carbocycles. The molecule has 22 heavy (non-hydrogen) atoms. The van der Waals surface area contributed by atoms with Crippen molar-refractivity contribution in [1.82, 2.24) is 14.6 Å². The van der Waals surface area contributed by atoms with E-state index in [9.17, 15) is 13.2 Å². The molecule has 3 aromatic rings. The van der Waals surface area contributed by atoms with Crippen LogP contribution >= 0.6 is 50.6 Å². The molecule has 10 heteroatoms. The minimum atomic E-state index is -4.47. The zero-order valence-corrected chi connectivity index (χ0v) is 14.5. The average Bonchev–Trinajstić information content (AvgIpc) is 3.02. The molecular weight excluding hydrogens is 423 g/mol. The Morgan fingerprint density at radius 2 is 2.09 bits per heavy atom. The van der Waals surface area contributed by atoms with Crippen molar-refractivity contribution in [2.75, 3.05) is 0 Å². The predicted molar refractivity (Wildman–Crippen MR) is 84.6 cm³/mol. The number of rotatable bonds is 3. The molecule has 0 amide bonds. The SMILES string of the molecule is FC(F)(F)c1cc(Cl)c2nnc(SCc3ccc(Br)s3)n2c1. The van der Waals surface area contributed by atoms with Gasteiger partial charge in [-0.15, -0.1) is 21.5 Å². The largest absolute Gasteiger partial charge is 0.417 e. The number of aromatic nitrogens is 3. The molecule has 0 radical (unpaired) electrons. The van der Waals surface area contributed by atoms with Gasteiger partial charge < -0.3 is 0 Å². The first-order chi connectivity index (χ1) is 10.3. The molecule has 0 spiro atoms. The second kappa shape index (κ2) is 6.03.